The van der Waals surface area contributed by atoms with Crippen molar-refractivity contribution in [1.82, 2.24) is 5.32 Å². The van der Waals surface area contributed by atoms with Crippen LogP contribution in [-0.2, 0) is 9.47 Å². The van der Waals surface area contributed by atoms with Gasteiger partial charge in [0.2, 0.25) is 0 Å². The standard InChI is InChI=1S/C8H15NO3/c10-3-2-9-8-5-7-6(12-8)1-4-11-7/h6-10H,1-5H2. The van der Waals surface area contributed by atoms with Crippen LogP contribution in [0.2, 0.25) is 0 Å². The first kappa shape index (κ1) is 8.44. The molecular weight excluding hydrogens is 158 g/mol. The average molecular weight is 173 g/mol. The fourth-order valence-electron chi connectivity index (χ4n) is 1.84. The minimum absolute atomic E-state index is 0.0902. The Labute approximate surface area is 71.9 Å². The van der Waals surface area contributed by atoms with Crippen LogP contribution in [0.15, 0.2) is 0 Å². The van der Waals surface area contributed by atoms with E-state index in [0.29, 0.717) is 18.8 Å². The van der Waals surface area contributed by atoms with Crippen molar-refractivity contribution in [2.75, 3.05) is 19.8 Å². The van der Waals surface area contributed by atoms with Crippen LogP contribution in [0.25, 0.3) is 0 Å². The molecule has 2 rings (SSSR count). The average Bonchev–Trinajstić information content (AvgIpc) is 2.58. The lowest BCUT2D eigenvalue weighted by atomic mass is 10.2. The number of nitrogens with one attached hydrogen (secondary N) is 1. The van der Waals surface area contributed by atoms with Gasteiger partial charge in [0.1, 0.15) is 6.23 Å². The molecule has 2 N–H and O–H groups in total. The monoisotopic (exact) mass is 173 g/mol. The maximum Gasteiger partial charge on any atom is 0.111 e. The van der Waals surface area contributed by atoms with Gasteiger partial charge in [-0.15, -0.1) is 0 Å². The van der Waals surface area contributed by atoms with Crippen LogP contribution in [0.5, 0.6) is 0 Å². The number of hydrogen-bond acceptors (Lipinski definition) is 4. The zero-order chi connectivity index (χ0) is 8.39. The Balaban J connectivity index is 1.75. The lowest BCUT2D eigenvalue weighted by Gasteiger charge is -2.12. The van der Waals surface area contributed by atoms with E-state index in [9.17, 15) is 0 Å². The Morgan fingerprint density at radius 2 is 2.33 bits per heavy atom. The number of aliphatic hydroxyl groups is 1. The predicted molar refractivity (Wildman–Crippen MR) is 42.7 cm³/mol. The van der Waals surface area contributed by atoms with Gasteiger partial charge >= 0.3 is 0 Å². The molecule has 70 valence electrons. The predicted octanol–water partition coefficient (Wildman–Crippen LogP) is -0.528. The molecule has 0 saturated carbocycles. The van der Waals surface area contributed by atoms with E-state index in [-0.39, 0.29) is 12.8 Å². The molecule has 3 atom stereocenters. The van der Waals surface area contributed by atoms with E-state index >= 15 is 0 Å². The Bertz CT molecular complexity index is 141. The summed E-state index contributed by atoms with van der Waals surface area (Å²) in [5, 5.41) is 11.7. The highest BCUT2D eigenvalue weighted by Crippen LogP contribution is 2.28. The molecule has 0 aromatic rings. The van der Waals surface area contributed by atoms with Gasteiger partial charge in [-0.1, -0.05) is 0 Å². The zero-order valence-corrected chi connectivity index (χ0v) is 7.03. The van der Waals surface area contributed by atoms with Crippen LogP contribution in [0.3, 0.4) is 0 Å². The maximum absolute atomic E-state index is 8.58. The zero-order valence-electron chi connectivity index (χ0n) is 7.03. The third-order valence-electron chi connectivity index (χ3n) is 2.42. The number of aliphatic hydroxyl groups excluding tert-OH is 1. The fraction of sp³-hybridized carbons (Fsp3) is 1.00. The molecule has 2 saturated heterocycles. The first-order chi connectivity index (χ1) is 5.90. The van der Waals surface area contributed by atoms with Gasteiger partial charge < -0.3 is 14.6 Å². The van der Waals surface area contributed by atoms with E-state index in [2.05, 4.69) is 5.32 Å². The second-order valence-corrected chi connectivity index (χ2v) is 3.27. The van der Waals surface area contributed by atoms with Crippen molar-refractivity contribution in [2.45, 2.75) is 31.3 Å². The molecule has 0 aromatic heterocycles. The molecule has 4 heteroatoms. The molecule has 0 amide bonds. The van der Waals surface area contributed by atoms with Crippen LogP contribution < -0.4 is 5.32 Å². The normalized spacial score (nSPS) is 40.2. The summed E-state index contributed by atoms with van der Waals surface area (Å²) in [5.41, 5.74) is 0. The van der Waals surface area contributed by atoms with Crippen molar-refractivity contribution in [3.05, 3.63) is 0 Å². The summed E-state index contributed by atoms with van der Waals surface area (Å²) < 4.78 is 11.1. The highest BCUT2D eigenvalue weighted by Gasteiger charge is 2.39. The van der Waals surface area contributed by atoms with Crippen molar-refractivity contribution in [3.8, 4) is 0 Å². The van der Waals surface area contributed by atoms with Crippen LogP contribution in [0.1, 0.15) is 12.8 Å². The van der Waals surface area contributed by atoms with Crippen molar-refractivity contribution in [1.29, 1.82) is 0 Å². The quantitative estimate of drug-likeness (QED) is 0.602. The second kappa shape index (κ2) is 3.70. The molecule has 0 radical (unpaired) electrons. The summed E-state index contributed by atoms with van der Waals surface area (Å²) in [6.45, 7) is 1.60. The van der Waals surface area contributed by atoms with Gasteiger partial charge in [0.25, 0.3) is 0 Å². The molecule has 2 fully saturated rings. The first-order valence-electron chi connectivity index (χ1n) is 4.51. The molecule has 2 heterocycles. The molecular formula is C8H15NO3. The third kappa shape index (κ3) is 1.61. The highest BCUT2D eigenvalue weighted by atomic mass is 16.6. The Morgan fingerprint density at radius 1 is 1.42 bits per heavy atom. The highest BCUT2D eigenvalue weighted by molar-refractivity contribution is 4.86. The van der Waals surface area contributed by atoms with E-state index in [1.807, 2.05) is 0 Å². The molecule has 2 aliphatic heterocycles. The molecule has 0 aromatic carbocycles. The van der Waals surface area contributed by atoms with Crippen LogP contribution >= 0.6 is 0 Å². The molecule has 3 unspecified atom stereocenters. The maximum atomic E-state index is 8.58. The summed E-state index contributed by atoms with van der Waals surface area (Å²) in [7, 11) is 0. The summed E-state index contributed by atoms with van der Waals surface area (Å²) in [6, 6.07) is 0. The van der Waals surface area contributed by atoms with Crippen LogP contribution in [0.4, 0.5) is 0 Å². The molecule has 0 spiro atoms. The molecule has 12 heavy (non-hydrogen) atoms. The molecule has 4 nitrogen and oxygen atoms in total. The van der Waals surface area contributed by atoms with Crippen molar-refractivity contribution >= 4 is 0 Å². The van der Waals surface area contributed by atoms with E-state index in [0.717, 1.165) is 19.4 Å². The van der Waals surface area contributed by atoms with Gasteiger partial charge in [0.15, 0.2) is 0 Å². The SMILES string of the molecule is OCCNC1CC2OCCC2O1. The van der Waals surface area contributed by atoms with Gasteiger partial charge in [-0.2, -0.15) is 0 Å². The summed E-state index contributed by atoms with van der Waals surface area (Å²) >= 11 is 0. The summed E-state index contributed by atoms with van der Waals surface area (Å²) in [5.74, 6) is 0. The van der Waals surface area contributed by atoms with E-state index in [1.54, 1.807) is 0 Å². The van der Waals surface area contributed by atoms with Gasteiger partial charge in [-0.3, -0.25) is 5.32 Å². The first-order valence-corrected chi connectivity index (χ1v) is 4.51. The van der Waals surface area contributed by atoms with Crippen molar-refractivity contribution < 1.29 is 14.6 Å². The Kier molecular flexibility index (Phi) is 2.60. The van der Waals surface area contributed by atoms with Crippen LogP contribution in [0, 0.1) is 0 Å². The van der Waals surface area contributed by atoms with E-state index in [4.69, 9.17) is 14.6 Å². The summed E-state index contributed by atoms with van der Waals surface area (Å²) in [6.07, 6.45) is 2.61. The summed E-state index contributed by atoms with van der Waals surface area (Å²) in [4.78, 5) is 0. The van der Waals surface area contributed by atoms with Gasteiger partial charge in [-0.25, -0.2) is 0 Å². The lowest BCUT2D eigenvalue weighted by molar-refractivity contribution is 0.0209. The number of fused-ring (bicyclic) bond motifs is 1. The minimum atomic E-state index is 0.0902. The molecule has 2 aliphatic rings. The number of ether oxygens (including phenoxy) is 2. The lowest BCUT2D eigenvalue weighted by Crippen LogP contribution is -2.31. The van der Waals surface area contributed by atoms with Gasteiger partial charge in [0.05, 0.1) is 18.8 Å². The molecule has 0 aliphatic carbocycles. The largest absolute Gasteiger partial charge is 0.395 e. The topological polar surface area (TPSA) is 50.7 Å². The number of rotatable bonds is 3. The van der Waals surface area contributed by atoms with Gasteiger partial charge in [-0.05, 0) is 6.42 Å². The Morgan fingerprint density at radius 3 is 3.08 bits per heavy atom. The minimum Gasteiger partial charge on any atom is -0.395 e. The van der Waals surface area contributed by atoms with Crippen LogP contribution in [-0.4, -0.2) is 43.3 Å². The van der Waals surface area contributed by atoms with E-state index in [1.165, 1.54) is 0 Å². The number of hydrogen-bond donors (Lipinski definition) is 2. The second-order valence-electron chi connectivity index (χ2n) is 3.27. The van der Waals surface area contributed by atoms with Gasteiger partial charge in [0, 0.05) is 19.6 Å². The Hall–Kier alpha value is -0.160. The molecule has 0 bridgehead atoms. The van der Waals surface area contributed by atoms with Crippen molar-refractivity contribution in [3.63, 3.8) is 0 Å². The third-order valence-corrected chi connectivity index (χ3v) is 2.42. The van der Waals surface area contributed by atoms with Crippen molar-refractivity contribution in [2.24, 2.45) is 0 Å². The van der Waals surface area contributed by atoms with E-state index < -0.39 is 0 Å². The fourth-order valence-corrected chi connectivity index (χ4v) is 1.84. The smallest absolute Gasteiger partial charge is 0.111 e.